The Bertz CT molecular complexity index is 802. The van der Waals surface area contributed by atoms with Crippen LogP contribution in [-0.2, 0) is 19.4 Å². The quantitative estimate of drug-likeness (QED) is 0.888. The van der Waals surface area contributed by atoms with Gasteiger partial charge < -0.3 is 19.7 Å². The molecule has 0 saturated heterocycles. The van der Waals surface area contributed by atoms with Crippen LogP contribution in [0.25, 0.3) is 0 Å². The first-order valence-electron chi connectivity index (χ1n) is 8.13. The van der Waals surface area contributed by atoms with Gasteiger partial charge in [0.1, 0.15) is 0 Å². The van der Waals surface area contributed by atoms with Crippen LogP contribution in [0.15, 0.2) is 24.3 Å². The first kappa shape index (κ1) is 15.1. The molecule has 0 aliphatic carbocycles. The standard InChI is InChI=1S/C19H21NO4/c1-23-18-7-11-3-4-20-10-13-8-19(24-2)16(21)6-12(13)5-15(20)14(11)9-17(18)22/h6-9,15,21-22H,3-5,10H2,1-2H3/t15-/m1/s1. The largest absolute Gasteiger partial charge is 0.504 e. The normalized spacial score (nSPS) is 19.2. The van der Waals surface area contributed by atoms with Crippen LogP contribution in [0.1, 0.15) is 28.3 Å². The van der Waals surface area contributed by atoms with E-state index in [0.29, 0.717) is 11.5 Å². The highest BCUT2D eigenvalue weighted by Crippen LogP contribution is 2.43. The predicted molar refractivity (Wildman–Crippen MR) is 89.9 cm³/mol. The maximum absolute atomic E-state index is 10.2. The molecule has 2 aromatic carbocycles. The zero-order chi connectivity index (χ0) is 16.8. The summed E-state index contributed by atoms with van der Waals surface area (Å²) >= 11 is 0. The summed E-state index contributed by atoms with van der Waals surface area (Å²) in [5.41, 5.74) is 4.72. The number of aromatic hydroxyl groups is 2. The van der Waals surface area contributed by atoms with Crippen LogP contribution in [-0.4, -0.2) is 35.9 Å². The van der Waals surface area contributed by atoms with Crippen molar-refractivity contribution in [3.63, 3.8) is 0 Å². The molecular weight excluding hydrogens is 306 g/mol. The molecule has 0 spiro atoms. The predicted octanol–water partition coefficient (Wildman–Crippen LogP) is 2.77. The average Bonchev–Trinajstić information content (AvgIpc) is 2.59. The molecule has 2 aromatic rings. The van der Waals surface area contributed by atoms with E-state index in [-0.39, 0.29) is 17.5 Å². The number of phenolic OH excluding ortho intramolecular Hbond substituents is 2. The summed E-state index contributed by atoms with van der Waals surface area (Å²) in [6.45, 7) is 1.79. The third kappa shape index (κ3) is 2.27. The highest BCUT2D eigenvalue weighted by Gasteiger charge is 2.33. The van der Waals surface area contributed by atoms with Crippen molar-refractivity contribution in [2.24, 2.45) is 0 Å². The Morgan fingerprint density at radius 3 is 2.29 bits per heavy atom. The second kappa shape index (κ2) is 5.60. The second-order valence-electron chi connectivity index (χ2n) is 6.46. The third-order valence-electron chi connectivity index (χ3n) is 5.20. The van der Waals surface area contributed by atoms with E-state index < -0.39 is 0 Å². The van der Waals surface area contributed by atoms with Gasteiger partial charge in [-0.25, -0.2) is 0 Å². The molecule has 4 rings (SSSR count). The van der Waals surface area contributed by atoms with Gasteiger partial charge in [0.2, 0.25) is 0 Å². The number of benzene rings is 2. The van der Waals surface area contributed by atoms with Crippen molar-refractivity contribution in [2.75, 3.05) is 20.8 Å². The topological polar surface area (TPSA) is 62.2 Å². The van der Waals surface area contributed by atoms with E-state index in [1.807, 2.05) is 24.3 Å². The maximum Gasteiger partial charge on any atom is 0.160 e. The number of fused-ring (bicyclic) bond motifs is 4. The van der Waals surface area contributed by atoms with Crippen molar-refractivity contribution in [1.82, 2.24) is 4.90 Å². The molecule has 5 nitrogen and oxygen atoms in total. The number of ether oxygens (including phenoxy) is 2. The van der Waals surface area contributed by atoms with E-state index >= 15 is 0 Å². The molecule has 0 amide bonds. The lowest BCUT2D eigenvalue weighted by Gasteiger charge is -2.41. The van der Waals surface area contributed by atoms with Crippen LogP contribution >= 0.6 is 0 Å². The molecule has 0 unspecified atom stereocenters. The number of hydrogen-bond donors (Lipinski definition) is 2. The van der Waals surface area contributed by atoms with Crippen molar-refractivity contribution < 1.29 is 19.7 Å². The molecule has 5 heteroatoms. The van der Waals surface area contributed by atoms with Gasteiger partial charge in [-0.1, -0.05) is 0 Å². The molecule has 0 radical (unpaired) electrons. The summed E-state index contributed by atoms with van der Waals surface area (Å²) in [4.78, 5) is 2.42. The Morgan fingerprint density at radius 2 is 1.58 bits per heavy atom. The average molecular weight is 327 g/mol. The molecular formula is C19H21NO4. The van der Waals surface area contributed by atoms with Gasteiger partial charge in [-0.3, -0.25) is 4.90 Å². The molecule has 0 saturated carbocycles. The summed E-state index contributed by atoms with van der Waals surface area (Å²) in [5, 5.41) is 20.2. The smallest absolute Gasteiger partial charge is 0.160 e. The van der Waals surface area contributed by atoms with E-state index in [4.69, 9.17) is 9.47 Å². The highest BCUT2D eigenvalue weighted by atomic mass is 16.5. The number of methoxy groups -OCH3 is 2. The Kier molecular flexibility index (Phi) is 3.53. The molecule has 24 heavy (non-hydrogen) atoms. The summed E-state index contributed by atoms with van der Waals surface area (Å²) in [5.74, 6) is 1.41. The first-order valence-corrected chi connectivity index (χ1v) is 8.13. The minimum Gasteiger partial charge on any atom is -0.504 e. The fourth-order valence-electron chi connectivity index (χ4n) is 3.94. The minimum absolute atomic E-state index is 0.179. The summed E-state index contributed by atoms with van der Waals surface area (Å²) in [7, 11) is 3.14. The van der Waals surface area contributed by atoms with E-state index in [1.54, 1.807) is 14.2 Å². The van der Waals surface area contributed by atoms with E-state index in [9.17, 15) is 10.2 Å². The molecule has 0 fully saturated rings. The fourth-order valence-corrected chi connectivity index (χ4v) is 3.94. The Balaban J connectivity index is 1.75. The second-order valence-corrected chi connectivity index (χ2v) is 6.46. The lowest BCUT2D eigenvalue weighted by molar-refractivity contribution is 0.160. The zero-order valence-corrected chi connectivity index (χ0v) is 13.9. The Hall–Kier alpha value is -2.40. The van der Waals surface area contributed by atoms with Gasteiger partial charge in [-0.05, 0) is 59.4 Å². The van der Waals surface area contributed by atoms with Crippen molar-refractivity contribution in [3.05, 3.63) is 46.5 Å². The molecule has 2 N–H and O–H groups in total. The van der Waals surface area contributed by atoms with Gasteiger partial charge in [0.05, 0.1) is 14.2 Å². The van der Waals surface area contributed by atoms with Gasteiger partial charge in [-0.2, -0.15) is 0 Å². The summed E-state index contributed by atoms with van der Waals surface area (Å²) < 4.78 is 10.5. The van der Waals surface area contributed by atoms with Crippen molar-refractivity contribution in [1.29, 1.82) is 0 Å². The molecule has 126 valence electrons. The summed E-state index contributed by atoms with van der Waals surface area (Å²) in [6.07, 6.45) is 1.75. The molecule has 2 heterocycles. The lowest BCUT2D eigenvalue weighted by atomic mass is 9.83. The van der Waals surface area contributed by atoms with Crippen molar-refractivity contribution in [3.8, 4) is 23.0 Å². The fraction of sp³-hybridized carbons (Fsp3) is 0.368. The SMILES string of the molecule is COc1cc2c(cc1O)C[C@@H]1c3cc(O)c(OC)cc3CCN1C2. The van der Waals surface area contributed by atoms with Crippen LogP contribution in [0.2, 0.25) is 0 Å². The molecule has 2 aliphatic heterocycles. The van der Waals surface area contributed by atoms with Crippen LogP contribution in [0, 0.1) is 0 Å². The Labute approximate surface area is 141 Å². The summed E-state index contributed by atoms with van der Waals surface area (Å²) in [6, 6.07) is 7.74. The van der Waals surface area contributed by atoms with E-state index in [0.717, 1.165) is 37.1 Å². The van der Waals surface area contributed by atoms with E-state index in [1.165, 1.54) is 11.1 Å². The van der Waals surface area contributed by atoms with Gasteiger partial charge in [-0.15, -0.1) is 0 Å². The number of rotatable bonds is 2. The lowest BCUT2D eigenvalue weighted by Crippen LogP contribution is -2.39. The van der Waals surface area contributed by atoms with Crippen molar-refractivity contribution >= 4 is 0 Å². The third-order valence-corrected chi connectivity index (χ3v) is 5.20. The Morgan fingerprint density at radius 1 is 0.917 bits per heavy atom. The molecule has 2 aliphatic rings. The van der Waals surface area contributed by atoms with Gasteiger partial charge >= 0.3 is 0 Å². The number of hydrogen-bond acceptors (Lipinski definition) is 5. The van der Waals surface area contributed by atoms with Gasteiger partial charge in [0, 0.05) is 19.1 Å². The maximum atomic E-state index is 10.2. The molecule has 1 atom stereocenters. The van der Waals surface area contributed by atoms with Crippen LogP contribution in [0.3, 0.4) is 0 Å². The van der Waals surface area contributed by atoms with E-state index in [2.05, 4.69) is 4.90 Å². The van der Waals surface area contributed by atoms with Gasteiger partial charge in [0.15, 0.2) is 23.0 Å². The monoisotopic (exact) mass is 327 g/mol. The zero-order valence-electron chi connectivity index (χ0n) is 13.9. The minimum atomic E-state index is 0.179. The van der Waals surface area contributed by atoms with Gasteiger partial charge in [0.25, 0.3) is 0 Å². The highest BCUT2D eigenvalue weighted by molar-refractivity contribution is 5.52. The number of phenols is 2. The first-order chi connectivity index (χ1) is 11.6. The molecule has 0 bridgehead atoms. The molecule has 0 aromatic heterocycles. The van der Waals surface area contributed by atoms with Crippen LogP contribution in [0.5, 0.6) is 23.0 Å². The van der Waals surface area contributed by atoms with Crippen LogP contribution in [0.4, 0.5) is 0 Å². The van der Waals surface area contributed by atoms with Crippen LogP contribution < -0.4 is 9.47 Å². The number of nitrogens with zero attached hydrogens (tertiary/aromatic N) is 1. The van der Waals surface area contributed by atoms with Crippen molar-refractivity contribution in [2.45, 2.75) is 25.4 Å².